The fourth-order valence-electron chi connectivity index (χ4n) is 3.48. The molecule has 2 aromatic heterocycles. The second-order valence-corrected chi connectivity index (χ2v) is 7.69. The number of nitrogen functional groups attached to an aromatic ring is 1. The third-order valence-electron chi connectivity index (χ3n) is 5.10. The zero-order valence-electron chi connectivity index (χ0n) is 18.2. The summed E-state index contributed by atoms with van der Waals surface area (Å²) in [5, 5.41) is 3.11. The van der Waals surface area contributed by atoms with E-state index in [1.165, 1.54) is 13.2 Å². The first-order chi connectivity index (χ1) is 15.6. The van der Waals surface area contributed by atoms with E-state index in [-0.39, 0.29) is 29.2 Å². The van der Waals surface area contributed by atoms with Gasteiger partial charge in [-0.1, -0.05) is 0 Å². The zero-order chi connectivity index (χ0) is 23.8. The molecule has 1 aliphatic heterocycles. The van der Waals surface area contributed by atoms with Crippen LogP contribution in [-0.2, 0) is 10.9 Å². The molecule has 3 heterocycles. The lowest BCUT2D eigenvalue weighted by Crippen LogP contribution is -2.18. The van der Waals surface area contributed by atoms with Gasteiger partial charge in [0.2, 0.25) is 0 Å². The van der Waals surface area contributed by atoms with E-state index in [9.17, 15) is 13.2 Å². The molecule has 1 aliphatic rings. The maximum absolute atomic E-state index is 13.2. The molecule has 12 heteroatoms. The minimum absolute atomic E-state index is 0.0104. The van der Waals surface area contributed by atoms with E-state index in [1.54, 1.807) is 13.8 Å². The van der Waals surface area contributed by atoms with Gasteiger partial charge in [-0.3, -0.25) is 0 Å². The summed E-state index contributed by atoms with van der Waals surface area (Å²) in [5.74, 6) is 1.02. The first-order valence-electron chi connectivity index (χ1n) is 10.2. The number of rotatable bonds is 6. The van der Waals surface area contributed by atoms with Crippen LogP contribution < -0.4 is 20.5 Å². The molecule has 0 radical (unpaired) electrons. The summed E-state index contributed by atoms with van der Waals surface area (Å²) in [4.78, 5) is 17.6. The van der Waals surface area contributed by atoms with E-state index in [1.807, 2.05) is 0 Å². The average molecular weight is 464 g/mol. The van der Waals surface area contributed by atoms with Crippen molar-refractivity contribution in [1.29, 1.82) is 0 Å². The Morgan fingerprint density at radius 3 is 2.61 bits per heavy atom. The third-order valence-corrected chi connectivity index (χ3v) is 5.10. The lowest BCUT2D eigenvalue weighted by atomic mass is 10.0. The van der Waals surface area contributed by atoms with Crippen LogP contribution >= 0.6 is 0 Å². The lowest BCUT2D eigenvalue weighted by Gasteiger charge is -2.19. The smallest absolute Gasteiger partial charge is 0.416 e. The number of alkyl halides is 3. The number of fused-ring (bicyclic) bond motifs is 1. The highest BCUT2D eigenvalue weighted by Crippen LogP contribution is 2.34. The minimum Gasteiger partial charge on any atom is -0.477 e. The van der Waals surface area contributed by atoms with Crippen LogP contribution in [0.4, 0.5) is 24.7 Å². The number of methoxy groups -OCH3 is 1. The van der Waals surface area contributed by atoms with E-state index < -0.39 is 17.8 Å². The number of nitrogens with one attached hydrogen (secondary N) is 1. The monoisotopic (exact) mass is 464 g/mol. The Bertz CT molecular complexity index is 1170. The van der Waals surface area contributed by atoms with Crippen molar-refractivity contribution in [3.8, 4) is 11.8 Å². The Morgan fingerprint density at radius 1 is 1.15 bits per heavy atom. The summed E-state index contributed by atoms with van der Waals surface area (Å²) in [7, 11) is 1.45. The summed E-state index contributed by atoms with van der Waals surface area (Å²) in [5.41, 5.74) is 5.79. The van der Waals surface area contributed by atoms with Crippen molar-refractivity contribution in [1.82, 2.24) is 19.9 Å². The van der Waals surface area contributed by atoms with Crippen LogP contribution in [0.15, 0.2) is 18.2 Å². The number of halogens is 3. The quantitative estimate of drug-likeness (QED) is 0.527. The number of anilines is 2. The summed E-state index contributed by atoms with van der Waals surface area (Å²) < 4.78 is 56.2. The second-order valence-electron chi connectivity index (χ2n) is 7.69. The Kier molecular flexibility index (Phi) is 6.11. The number of hydrogen-bond donors (Lipinski definition) is 2. The van der Waals surface area contributed by atoms with Gasteiger partial charge in [-0.15, -0.1) is 0 Å². The number of ether oxygens (including phenoxy) is 3. The second kappa shape index (κ2) is 8.85. The lowest BCUT2D eigenvalue weighted by molar-refractivity contribution is -0.137. The van der Waals surface area contributed by atoms with Crippen LogP contribution in [0, 0.1) is 6.92 Å². The predicted octanol–water partition coefficient (Wildman–Crippen LogP) is 3.68. The van der Waals surface area contributed by atoms with Crippen LogP contribution in [0.5, 0.6) is 11.8 Å². The molecule has 2 atom stereocenters. The maximum atomic E-state index is 13.2. The molecule has 3 N–H and O–H groups in total. The van der Waals surface area contributed by atoms with Crippen molar-refractivity contribution in [2.24, 2.45) is 0 Å². The molecular formula is C21H23F3N6O3. The molecule has 0 amide bonds. The summed E-state index contributed by atoms with van der Waals surface area (Å²) in [6.45, 7) is 4.38. The van der Waals surface area contributed by atoms with Gasteiger partial charge in [0.25, 0.3) is 11.8 Å². The van der Waals surface area contributed by atoms with Crippen molar-refractivity contribution in [2.45, 2.75) is 38.6 Å². The Hall–Kier alpha value is -3.41. The van der Waals surface area contributed by atoms with Gasteiger partial charge in [0.15, 0.2) is 17.0 Å². The molecule has 0 unspecified atom stereocenters. The summed E-state index contributed by atoms with van der Waals surface area (Å²) in [6, 6.07) is 2.85. The van der Waals surface area contributed by atoms with Gasteiger partial charge in [0.05, 0.1) is 31.9 Å². The predicted molar refractivity (Wildman–Crippen MR) is 114 cm³/mol. The van der Waals surface area contributed by atoms with Crippen LogP contribution in [0.2, 0.25) is 0 Å². The minimum atomic E-state index is -4.51. The van der Waals surface area contributed by atoms with E-state index >= 15 is 0 Å². The summed E-state index contributed by atoms with van der Waals surface area (Å²) in [6.07, 6.45) is -4.01. The number of aryl methyl sites for hydroxylation is 1. The molecule has 1 saturated heterocycles. The number of benzene rings is 1. The molecule has 0 saturated carbocycles. The third kappa shape index (κ3) is 5.00. The molecule has 0 spiro atoms. The van der Waals surface area contributed by atoms with Gasteiger partial charge < -0.3 is 25.3 Å². The molecule has 4 rings (SSSR count). The molecule has 1 fully saturated rings. The number of aromatic nitrogens is 4. The van der Waals surface area contributed by atoms with Crippen LogP contribution in [-0.4, -0.2) is 46.4 Å². The van der Waals surface area contributed by atoms with Gasteiger partial charge in [0, 0.05) is 12.1 Å². The highest BCUT2D eigenvalue weighted by Gasteiger charge is 2.31. The van der Waals surface area contributed by atoms with E-state index in [0.717, 1.165) is 12.1 Å². The molecule has 9 nitrogen and oxygen atoms in total. The van der Waals surface area contributed by atoms with Gasteiger partial charge >= 0.3 is 6.18 Å². The molecular weight excluding hydrogens is 441 g/mol. The van der Waals surface area contributed by atoms with Crippen molar-refractivity contribution < 1.29 is 27.4 Å². The van der Waals surface area contributed by atoms with E-state index in [4.69, 9.17) is 19.9 Å². The van der Waals surface area contributed by atoms with Gasteiger partial charge in [0.1, 0.15) is 11.9 Å². The van der Waals surface area contributed by atoms with E-state index in [2.05, 4.69) is 25.3 Å². The Balaban J connectivity index is 1.71. The van der Waals surface area contributed by atoms with Crippen molar-refractivity contribution in [3.63, 3.8) is 0 Å². The van der Waals surface area contributed by atoms with Crippen LogP contribution in [0.3, 0.4) is 0 Å². The molecule has 0 bridgehead atoms. The molecule has 176 valence electrons. The topological polar surface area (TPSA) is 117 Å². The Morgan fingerprint density at radius 2 is 1.94 bits per heavy atom. The highest BCUT2D eigenvalue weighted by molar-refractivity contribution is 5.83. The van der Waals surface area contributed by atoms with Crippen molar-refractivity contribution >= 4 is 22.7 Å². The van der Waals surface area contributed by atoms with Crippen molar-refractivity contribution in [3.05, 3.63) is 35.2 Å². The van der Waals surface area contributed by atoms with Crippen molar-refractivity contribution in [2.75, 3.05) is 31.4 Å². The first kappa shape index (κ1) is 22.8. The standard InChI is InChI=1S/C21H23F3N6O3/c1-10(12-6-13(21(22,23)24)8-14(25)7-12)26-17-16-18(28-11(2)27-17)30-19(31-3)20(29-16)33-15-4-5-32-9-15/h6-8,10,15H,4-5,9,25H2,1-3H3,(H,26,27,28,30)/t10-,15+/m1/s1. The normalized spacial score (nSPS) is 17.2. The van der Waals surface area contributed by atoms with Crippen LogP contribution in [0.25, 0.3) is 11.2 Å². The maximum Gasteiger partial charge on any atom is 0.416 e. The first-order valence-corrected chi connectivity index (χ1v) is 10.2. The highest BCUT2D eigenvalue weighted by atomic mass is 19.4. The van der Waals surface area contributed by atoms with Gasteiger partial charge in [-0.2, -0.15) is 18.2 Å². The van der Waals surface area contributed by atoms with Gasteiger partial charge in [-0.25, -0.2) is 15.0 Å². The molecule has 0 aliphatic carbocycles. The fourth-order valence-corrected chi connectivity index (χ4v) is 3.48. The SMILES string of the molecule is COc1nc2nc(C)nc(N[C@H](C)c3cc(N)cc(C(F)(F)F)c3)c2nc1O[C@H]1CCOC1. The van der Waals surface area contributed by atoms with Crippen LogP contribution in [0.1, 0.15) is 36.3 Å². The summed E-state index contributed by atoms with van der Waals surface area (Å²) >= 11 is 0. The fraction of sp³-hybridized carbons (Fsp3) is 0.429. The molecule has 33 heavy (non-hydrogen) atoms. The van der Waals surface area contributed by atoms with Gasteiger partial charge in [-0.05, 0) is 37.6 Å². The molecule has 3 aromatic rings. The number of hydrogen-bond acceptors (Lipinski definition) is 9. The Labute approximate surface area is 187 Å². The van der Waals surface area contributed by atoms with E-state index in [0.29, 0.717) is 42.4 Å². The number of nitrogens with two attached hydrogens (primary N) is 1. The molecule has 1 aromatic carbocycles. The largest absolute Gasteiger partial charge is 0.477 e. The zero-order valence-corrected chi connectivity index (χ0v) is 18.2. The number of nitrogens with zero attached hydrogens (tertiary/aromatic N) is 4. The average Bonchev–Trinajstić information content (AvgIpc) is 3.25.